The Morgan fingerprint density at radius 1 is 1.38 bits per heavy atom. The van der Waals surface area contributed by atoms with Gasteiger partial charge in [-0.05, 0) is 44.5 Å². The number of hydrogen-bond donors (Lipinski definition) is 2. The van der Waals surface area contributed by atoms with Crippen molar-refractivity contribution in [3.63, 3.8) is 0 Å². The van der Waals surface area contributed by atoms with E-state index in [4.69, 9.17) is 0 Å². The highest BCUT2D eigenvalue weighted by Crippen LogP contribution is 2.23. The summed E-state index contributed by atoms with van der Waals surface area (Å²) in [6.07, 6.45) is 3.10. The molecule has 0 saturated heterocycles. The fraction of sp³-hybridized carbons (Fsp3) is 0.333. The van der Waals surface area contributed by atoms with Crippen molar-refractivity contribution in [1.82, 2.24) is 9.55 Å². The number of halogens is 1. The van der Waals surface area contributed by atoms with Crippen molar-refractivity contribution in [2.45, 2.75) is 32.9 Å². The molecule has 1 heterocycles. The maximum atomic E-state index is 13.4. The van der Waals surface area contributed by atoms with E-state index in [-0.39, 0.29) is 6.04 Å². The highest BCUT2D eigenvalue weighted by molar-refractivity contribution is 5.78. The van der Waals surface area contributed by atoms with E-state index in [1.54, 1.807) is 23.9 Å². The molecule has 2 N–H and O–H groups in total. The van der Waals surface area contributed by atoms with Crippen molar-refractivity contribution < 1.29 is 14.3 Å². The lowest BCUT2D eigenvalue weighted by atomic mass is 10.1. The number of nitrogens with zero attached hydrogens (tertiary/aromatic N) is 2. The van der Waals surface area contributed by atoms with Crippen LogP contribution < -0.4 is 5.32 Å². The van der Waals surface area contributed by atoms with Gasteiger partial charge in [-0.1, -0.05) is 0 Å². The van der Waals surface area contributed by atoms with E-state index in [1.165, 1.54) is 18.3 Å². The highest BCUT2D eigenvalue weighted by atomic mass is 19.1. The molecule has 2 aromatic rings. The molecule has 1 unspecified atom stereocenters. The largest absolute Gasteiger partial charge is 0.479 e. The zero-order valence-electron chi connectivity index (χ0n) is 12.2. The zero-order chi connectivity index (χ0) is 15.6. The SMILES string of the molecule is Cc1cc(F)cc(NC(C(=O)O)c2cncn2C(C)C)c1. The summed E-state index contributed by atoms with van der Waals surface area (Å²) in [7, 11) is 0. The fourth-order valence-corrected chi connectivity index (χ4v) is 2.22. The van der Waals surface area contributed by atoms with Crippen LogP contribution in [0.3, 0.4) is 0 Å². The molecule has 21 heavy (non-hydrogen) atoms. The number of aromatic nitrogens is 2. The number of nitrogens with one attached hydrogen (secondary N) is 1. The number of carboxylic acids is 1. The summed E-state index contributed by atoms with van der Waals surface area (Å²) in [5, 5.41) is 12.3. The van der Waals surface area contributed by atoms with Crippen molar-refractivity contribution >= 4 is 11.7 Å². The van der Waals surface area contributed by atoms with Gasteiger partial charge < -0.3 is 15.0 Å². The van der Waals surface area contributed by atoms with Gasteiger partial charge in [0, 0.05) is 11.7 Å². The number of anilines is 1. The molecule has 0 amide bonds. The molecule has 6 heteroatoms. The van der Waals surface area contributed by atoms with Crippen LogP contribution in [0.4, 0.5) is 10.1 Å². The van der Waals surface area contributed by atoms with Gasteiger partial charge in [0.25, 0.3) is 0 Å². The molecule has 0 aliphatic carbocycles. The van der Waals surface area contributed by atoms with E-state index in [0.717, 1.165) is 5.56 Å². The molecule has 1 atom stereocenters. The first kappa shape index (κ1) is 15.0. The maximum Gasteiger partial charge on any atom is 0.332 e. The van der Waals surface area contributed by atoms with Gasteiger partial charge in [0.05, 0.1) is 18.2 Å². The average Bonchev–Trinajstić information content (AvgIpc) is 2.83. The van der Waals surface area contributed by atoms with Gasteiger partial charge in [-0.2, -0.15) is 0 Å². The predicted octanol–water partition coefficient (Wildman–Crippen LogP) is 3.15. The predicted molar refractivity (Wildman–Crippen MR) is 77.7 cm³/mol. The summed E-state index contributed by atoms with van der Waals surface area (Å²) in [4.78, 5) is 15.6. The lowest BCUT2D eigenvalue weighted by molar-refractivity contribution is -0.138. The van der Waals surface area contributed by atoms with Gasteiger partial charge in [-0.25, -0.2) is 14.2 Å². The molecular formula is C15H18FN3O2. The van der Waals surface area contributed by atoms with Crippen LogP contribution in [0, 0.1) is 12.7 Å². The second-order valence-electron chi connectivity index (χ2n) is 5.25. The van der Waals surface area contributed by atoms with Crippen LogP contribution in [-0.2, 0) is 4.79 Å². The van der Waals surface area contributed by atoms with E-state index in [1.807, 2.05) is 13.8 Å². The highest BCUT2D eigenvalue weighted by Gasteiger charge is 2.24. The van der Waals surface area contributed by atoms with Gasteiger partial charge in [0.1, 0.15) is 5.82 Å². The molecular weight excluding hydrogens is 273 g/mol. The Labute approximate surface area is 122 Å². The second kappa shape index (κ2) is 5.95. The standard InChI is InChI=1S/C15H18FN3O2/c1-9(2)19-8-17-7-13(19)14(15(20)21)18-12-5-10(3)4-11(16)6-12/h4-9,14,18H,1-3H3,(H,20,21). The molecule has 5 nitrogen and oxygen atoms in total. The van der Waals surface area contributed by atoms with Crippen molar-refractivity contribution in [3.05, 3.63) is 47.8 Å². The Morgan fingerprint density at radius 3 is 2.67 bits per heavy atom. The van der Waals surface area contributed by atoms with Crippen LogP contribution in [0.5, 0.6) is 0 Å². The fourth-order valence-electron chi connectivity index (χ4n) is 2.22. The Morgan fingerprint density at radius 2 is 2.10 bits per heavy atom. The van der Waals surface area contributed by atoms with E-state index in [9.17, 15) is 14.3 Å². The van der Waals surface area contributed by atoms with Crippen LogP contribution in [-0.4, -0.2) is 20.6 Å². The Bertz CT molecular complexity index is 632. The summed E-state index contributed by atoms with van der Waals surface area (Å²) in [5.41, 5.74) is 1.68. The molecule has 1 aromatic heterocycles. The van der Waals surface area contributed by atoms with Gasteiger partial charge in [-0.15, -0.1) is 0 Å². The van der Waals surface area contributed by atoms with E-state index in [2.05, 4.69) is 10.3 Å². The van der Waals surface area contributed by atoms with Crippen molar-refractivity contribution in [2.24, 2.45) is 0 Å². The summed E-state index contributed by atoms with van der Waals surface area (Å²) in [6.45, 7) is 5.63. The van der Waals surface area contributed by atoms with Crippen LogP contribution in [0.1, 0.15) is 37.2 Å². The first-order valence-corrected chi connectivity index (χ1v) is 6.66. The lowest BCUT2D eigenvalue weighted by Crippen LogP contribution is -2.24. The number of benzene rings is 1. The minimum absolute atomic E-state index is 0.0837. The number of imidazole rings is 1. The molecule has 0 aliphatic heterocycles. The van der Waals surface area contributed by atoms with Crippen LogP contribution >= 0.6 is 0 Å². The molecule has 2 rings (SSSR count). The lowest BCUT2D eigenvalue weighted by Gasteiger charge is -2.20. The quantitative estimate of drug-likeness (QED) is 0.888. The van der Waals surface area contributed by atoms with E-state index < -0.39 is 17.8 Å². The van der Waals surface area contributed by atoms with E-state index in [0.29, 0.717) is 11.4 Å². The second-order valence-corrected chi connectivity index (χ2v) is 5.25. The van der Waals surface area contributed by atoms with Gasteiger partial charge in [0.2, 0.25) is 0 Å². The molecule has 0 saturated carbocycles. The minimum atomic E-state index is -1.04. The van der Waals surface area contributed by atoms with Gasteiger partial charge in [-0.3, -0.25) is 0 Å². The molecule has 0 fully saturated rings. The molecule has 0 aliphatic rings. The molecule has 0 bridgehead atoms. The molecule has 0 spiro atoms. The zero-order valence-corrected chi connectivity index (χ0v) is 12.2. The van der Waals surface area contributed by atoms with Crippen LogP contribution in [0.15, 0.2) is 30.7 Å². The molecule has 0 radical (unpaired) electrons. The monoisotopic (exact) mass is 291 g/mol. The maximum absolute atomic E-state index is 13.4. The summed E-state index contributed by atoms with van der Waals surface area (Å²) in [5.74, 6) is -1.45. The summed E-state index contributed by atoms with van der Waals surface area (Å²) >= 11 is 0. The average molecular weight is 291 g/mol. The van der Waals surface area contributed by atoms with Crippen molar-refractivity contribution in [3.8, 4) is 0 Å². The third-order valence-electron chi connectivity index (χ3n) is 3.15. The number of aryl methyl sites for hydroxylation is 1. The number of carbonyl (C=O) groups is 1. The van der Waals surface area contributed by atoms with Crippen molar-refractivity contribution in [1.29, 1.82) is 0 Å². The number of carboxylic acid groups (broad SMARTS) is 1. The normalized spacial score (nSPS) is 12.4. The van der Waals surface area contributed by atoms with Crippen molar-refractivity contribution in [2.75, 3.05) is 5.32 Å². The Hall–Kier alpha value is -2.37. The summed E-state index contributed by atoms with van der Waals surface area (Å²) in [6, 6.07) is 3.46. The Kier molecular flexibility index (Phi) is 4.26. The third kappa shape index (κ3) is 3.39. The Balaban J connectivity index is 2.36. The first-order valence-electron chi connectivity index (χ1n) is 6.66. The van der Waals surface area contributed by atoms with Crippen LogP contribution in [0.2, 0.25) is 0 Å². The first-order chi connectivity index (χ1) is 9.88. The smallest absolute Gasteiger partial charge is 0.332 e. The van der Waals surface area contributed by atoms with Crippen LogP contribution in [0.25, 0.3) is 0 Å². The molecule has 1 aromatic carbocycles. The molecule has 112 valence electrons. The number of hydrogen-bond acceptors (Lipinski definition) is 3. The number of aliphatic carboxylic acids is 1. The van der Waals surface area contributed by atoms with E-state index >= 15 is 0 Å². The third-order valence-corrected chi connectivity index (χ3v) is 3.15. The summed E-state index contributed by atoms with van der Waals surface area (Å²) < 4.78 is 15.2. The minimum Gasteiger partial charge on any atom is -0.479 e. The van der Waals surface area contributed by atoms with Gasteiger partial charge in [0.15, 0.2) is 6.04 Å². The topological polar surface area (TPSA) is 67.2 Å². The number of rotatable bonds is 5. The van der Waals surface area contributed by atoms with Gasteiger partial charge >= 0.3 is 5.97 Å².